The van der Waals surface area contributed by atoms with Crippen LogP contribution in [0.2, 0.25) is 0 Å². The number of rotatable bonds is 8. The van der Waals surface area contributed by atoms with Gasteiger partial charge < -0.3 is 10.2 Å². The topological polar surface area (TPSA) is 15.3 Å². The first-order valence-corrected chi connectivity index (χ1v) is 6.29. The van der Waals surface area contributed by atoms with E-state index in [9.17, 15) is 0 Å². The summed E-state index contributed by atoms with van der Waals surface area (Å²) in [4.78, 5) is 2.35. The molecule has 2 nitrogen and oxygen atoms in total. The molecule has 1 N–H and O–H groups in total. The predicted molar refractivity (Wildman–Crippen MR) is 75.1 cm³/mol. The van der Waals surface area contributed by atoms with Gasteiger partial charge in [0.15, 0.2) is 0 Å². The Bertz CT molecular complexity index is 308. The van der Waals surface area contributed by atoms with Crippen LogP contribution < -0.4 is 5.32 Å². The van der Waals surface area contributed by atoms with Crippen molar-refractivity contribution >= 4 is 0 Å². The Hall–Kier alpha value is -1.12. The van der Waals surface area contributed by atoms with E-state index in [0.29, 0.717) is 6.04 Å². The molecule has 1 rings (SSSR count). The zero-order valence-corrected chi connectivity index (χ0v) is 11.0. The minimum Gasteiger partial charge on any atom is -0.313 e. The Morgan fingerprint density at radius 1 is 1.35 bits per heavy atom. The largest absolute Gasteiger partial charge is 0.313 e. The SMILES string of the molecule is C=CCCNC(C)CN(C)Cc1ccccc1. The second kappa shape index (κ2) is 8.04. The van der Waals surface area contributed by atoms with Gasteiger partial charge >= 0.3 is 0 Å². The van der Waals surface area contributed by atoms with Crippen LogP contribution in [0.3, 0.4) is 0 Å². The fraction of sp³-hybridized carbons (Fsp3) is 0.467. The van der Waals surface area contributed by atoms with E-state index in [1.54, 1.807) is 0 Å². The van der Waals surface area contributed by atoms with Crippen LogP contribution in [0.1, 0.15) is 18.9 Å². The van der Waals surface area contributed by atoms with Gasteiger partial charge in [-0.25, -0.2) is 0 Å². The minimum absolute atomic E-state index is 0.517. The van der Waals surface area contributed by atoms with Gasteiger partial charge in [0.1, 0.15) is 0 Å². The van der Waals surface area contributed by atoms with Crippen LogP contribution in [0.15, 0.2) is 43.0 Å². The molecule has 0 spiro atoms. The zero-order chi connectivity index (χ0) is 12.5. The molecule has 0 amide bonds. The average Bonchev–Trinajstić information content (AvgIpc) is 2.30. The molecule has 0 aromatic heterocycles. The summed E-state index contributed by atoms with van der Waals surface area (Å²) in [7, 11) is 2.17. The molecular formula is C15H24N2. The molecule has 2 heteroatoms. The summed E-state index contributed by atoms with van der Waals surface area (Å²) in [6.45, 7) is 9.04. The summed E-state index contributed by atoms with van der Waals surface area (Å²) in [6, 6.07) is 11.1. The molecule has 1 aromatic carbocycles. The molecule has 1 unspecified atom stereocenters. The van der Waals surface area contributed by atoms with Crippen LogP contribution in [-0.4, -0.2) is 31.1 Å². The van der Waals surface area contributed by atoms with Gasteiger partial charge in [0.2, 0.25) is 0 Å². The second-order valence-corrected chi connectivity index (χ2v) is 4.61. The van der Waals surface area contributed by atoms with Crippen LogP contribution in [0, 0.1) is 0 Å². The van der Waals surface area contributed by atoms with E-state index in [4.69, 9.17) is 0 Å². The fourth-order valence-corrected chi connectivity index (χ4v) is 1.92. The summed E-state index contributed by atoms with van der Waals surface area (Å²) in [5.74, 6) is 0. The van der Waals surface area contributed by atoms with Gasteiger partial charge in [-0.2, -0.15) is 0 Å². The first kappa shape index (κ1) is 13.9. The summed E-state index contributed by atoms with van der Waals surface area (Å²) < 4.78 is 0. The molecule has 0 fully saturated rings. The van der Waals surface area contributed by atoms with E-state index in [0.717, 1.165) is 26.1 Å². The lowest BCUT2D eigenvalue weighted by Crippen LogP contribution is -2.37. The van der Waals surface area contributed by atoms with E-state index in [-0.39, 0.29) is 0 Å². The highest BCUT2D eigenvalue weighted by Gasteiger charge is 2.05. The van der Waals surface area contributed by atoms with Crippen LogP contribution in [0.4, 0.5) is 0 Å². The molecule has 0 radical (unpaired) electrons. The van der Waals surface area contributed by atoms with Crippen molar-refractivity contribution in [1.82, 2.24) is 10.2 Å². The van der Waals surface area contributed by atoms with Gasteiger partial charge in [0, 0.05) is 19.1 Å². The van der Waals surface area contributed by atoms with Gasteiger partial charge in [0.05, 0.1) is 0 Å². The quantitative estimate of drug-likeness (QED) is 0.547. The lowest BCUT2D eigenvalue weighted by molar-refractivity contribution is 0.290. The normalized spacial score (nSPS) is 12.6. The highest BCUT2D eigenvalue weighted by molar-refractivity contribution is 5.14. The van der Waals surface area contributed by atoms with Crippen molar-refractivity contribution in [2.45, 2.75) is 25.9 Å². The number of benzene rings is 1. The van der Waals surface area contributed by atoms with Crippen molar-refractivity contribution in [2.75, 3.05) is 20.1 Å². The number of hydrogen-bond donors (Lipinski definition) is 1. The highest BCUT2D eigenvalue weighted by Crippen LogP contribution is 2.02. The van der Waals surface area contributed by atoms with E-state index < -0.39 is 0 Å². The summed E-state index contributed by atoms with van der Waals surface area (Å²) in [6.07, 6.45) is 2.99. The van der Waals surface area contributed by atoms with Crippen molar-refractivity contribution in [3.8, 4) is 0 Å². The van der Waals surface area contributed by atoms with Crippen molar-refractivity contribution in [3.05, 3.63) is 48.6 Å². The summed E-state index contributed by atoms with van der Waals surface area (Å²) >= 11 is 0. The summed E-state index contributed by atoms with van der Waals surface area (Å²) in [5.41, 5.74) is 1.37. The maximum absolute atomic E-state index is 3.72. The molecule has 94 valence electrons. The first-order chi connectivity index (χ1) is 8.22. The Morgan fingerprint density at radius 2 is 2.06 bits per heavy atom. The smallest absolute Gasteiger partial charge is 0.0231 e. The number of nitrogens with one attached hydrogen (secondary N) is 1. The minimum atomic E-state index is 0.517. The zero-order valence-electron chi connectivity index (χ0n) is 11.0. The van der Waals surface area contributed by atoms with Crippen molar-refractivity contribution < 1.29 is 0 Å². The van der Waals surface area contributed by atoms with Crippen LogP contribution in [0.5, 0.6) is 0 Å². The molecule has 0 bridgehead atoms. The third-order valence-electron chi connectivity index (χ3n) is 2.72. The molecule has 17 heavy (non-hydrogen) atoms. The van der Waals surface area contributed by atoms with Crippen LogP contribution in [-0.2, 0) is 6.54 Å². The average molecular weight is 232 g/mol. The number of nitrogens with zero attached hydrogens (tertiary/aromatic N) is 1. The molecule has 0 saturated heterocycles. The van der Waals surface area contributed by atoms with Gasteiger partial charge in [-0.1, -0.05) is 36.4 Å². The standard InChI is InChI=1S/C15H24N2/c1-4-5-11-16-14(2)12-17(3)13-15-9-7-6-8-10-15/h4,6-10,14,16H,1,5,11-13H2,2-3H3. The van der Waals surface area contributed by atoms with E-state index >= 15 is 0 Å². The molecule has 0 heterocycles. The van der Waals surface area contributed by atoms with Gasteiger partial charge in [0.25, 0.3) is 0 Å². The molecule has 0 saturated carbocycles. The molecule has 0 aliphatic rings. The van der Waals surface area contributed by atoms with Crippen molar-refractivity contribution in [1.29, 1.82) is 0 Å². The third-order valence-corrected chi connectivity index (χ3v) is 2.72. The molecule has 1 atom stereocenters. The van der Waals surface area contributed by atoms with Gasteiger partial charge in [-0.3, -0.25) is 0 Å². The van der Waals surface area contributed by atoms with Gasteiger partial charge in [-0.05, 0) is 32.5 Å². The predicted octanol–water partition coefficient (Wildman–Crippen LogP) is 2.67. The van der Waals surface area contributed by atoms with Crippen LogP contribution >= 0.6 is 0 Å². The fourth-order valence-electron chi connectivity index (χ4n) is 1.92. The number of likely N-dealkylation sites (N-methyl/N-ethyl adjacent to an activating group) is 1. The second-order valence-electron chi connectivity index (χ2n) is 4.61. The Labute approximate surface area is 105 Å². The Morgan fingerprint density at radius 3 is 2.71 bits per heavy atom. The third kappa shape index (κ3) is 6.25. The van der Waals surface area contributed by atoms with Crippen molar-refractivity contribution in [2.24, 2.45) is 0 Å². The monoisotopic (exact) mass is 232 g/mol. The van der Waals surface area contributed by atoms with E-state index in [1.165, 1.54) is 5.56 Å². The van der Waals surface area contributed by atoms with E-state index in [1.807, 2.05) is 6.08 Å². The summed E-state index contributed by atoms with van der Waals surface area (Å²) in [5, 5.41) is 3.49. The maximum Gasteiger partial charge on any atom is 0.0231 e. The lowest BCUT2D eigenvalue weighted by Gasteiger charge is -2.22. The van der Waals surface area contributed by atoms with Crippen LogP contribution in [0.25, 0.3) is 0 Å². The molecule has 1 aromatic rings. The maximum atomic E-state index is 3.72. The number of hydrogen-bond acceptors (Lipinski definition) is 2. The Kier molecular flexibility index (Phi) is 6.60. The molecule has 0 aliphatic carbocycles. The van der Waals surface area contributed by atoms with Gasteiger partial charge in [-0.15, -0.1) is 6.58 Å². The molecular weight excluding hydrogens is 208 g/mol. The highest BCUT2D eigenvalue weighted by atomic mass is 15.1. The first-order valence-electron chi connectivity index (χ1n) is 6.29. The molecule has 0 aliphatic heterocycles. The van der Waals surface area contributed by atoms with E-state index in [2.05, 4.69) is 61.1 Å². The lowest BCUT2D eigenvalue weighted by atomic mass is 10.2. The Balaban J connectivity index is 2.24. The van der Waals surface area contributed by atoms with Crippen molar-refractivity contribution in [3.63, 3.8) is 0 Å².